The van der Waals surface area contributed by atoms with Crippen molar-refractivity contribution in [3.05, 3.63) is 29.8 Å². The zero-order chi connectivity index (χ0) is 14.2. The highest BCUT2D eigenvalue weighted by molar-refractivity contribution is 5.34. The molecule has 1 aliphatic rings. The second kappa shape index (κ2) is 7.88. The van der Waals surface area contributed by atoms with Gasteiger partial charge in [0.25, 0.3) is 0 Å². The Morgan fingerprint density at radius 1 is 1.15 bits per heavy atom. The molecule has 0 saturated heterocycles. The van der Waals surface area contributed by atoms with Crippen molar-refractivity contribution >= 4 is 0 Å². The predicted octanol–water partition coefficient (Wildman–Crippen LogP) is 2.91. The Labute approximate surface area is 120 Å². The van der Waals surface area contributed by atoms with E-state index in [9.17, 15) is 0 Å². The summed E-state index contributed by atoms with van der Waals surface area (Å²) in [5.74, 6) is 0.769. The lowest BCUT2D eigenvalue weighted by atomic mass is 9.95. The smallest absolute Gasteiger partial charge is 0.119 e. The maximum atomic E-state index is 8.71. The molecule has 0 heterocycles. The number of hydrogen-bond acceptors (Lipinski definition) is 4. The number of nitriles is 1. The zero-order valence-electron chi connectivity index (χ0n) is 11.9. The fourth-order valence-corrected chi connectivity index (χ4v) is 2.47. The van der Waals surface area contributed by atoms with Gasteiger partial charge in [-0.1, -0.05) is 0 Å². The highest BCUT2D eigenvalue weighted by Gasteiger charge is 2.21. The molecule has 0 aliphatic heterocycles. The van der Waals surface area contributed by atoms with Crippen molar-refractivity contribution in [2.24, 2.45) is 0 Å². The van der Waals surface area contributed by atoms with Gasteiger partial charge in [-0.05, 0) is 49.9 Å². The van der Waals surface area contributed by atoms with Gasteiger partial charge in [-0.2, -0.15) is 5.26 Å². The van der Waals surface area contributed by atoms with Crippen LogP contribution in [0.2, 0.25) is 0 Å². The van der Waals surface area contributed by atoms with E-state index in [-0.39, 0.29) is 0 Å². The topological polar surface area (TPSA) is 51.5 Å². The number of nitrogens with zero attached hydrogens (tertiary/aromatic N) is 1. The number of rotatable bonds is 6. The third-order valence-electron chi connectivity index (χ3n) is 3.60. The third-order valence-corrected chi connectivity index (χ3v) is 3.60. The zero-order valence-corrected chi connectivity index (χ0v) is 11.9. The van der Waals surface area contributed by atoms with Crippen LogP contribution in [0.25, 0.3) is 0 Å². The molecule has 0 amide bonds. The first-order valence-corrected chi connectivity index (χ1v) is 7.09. The molecule has 1 aromatic rings. The highest BCUT2D eigenvalue weighted by atomic mass is 16.5. The Morgan fingerprint density at radius 3 is 2.60 bits per heavy atom. The first-order chi connectivity index (χ1) is 9.81. The summed E-state index contributed by atoms with van der Waals surface area (Å²) in [6.07, 6.45) is 5.02. The monoisotopic (exact) mass is 275 g/mol. The minimum absolute atomic E-state index is 0.290. The predicted molar refractivity (Wildman–Crippen MR) is 75.7 cm³/mol. The third kappa shape index (κ3) is 4.52. The standard InChI is InChI=1S/C16H21NO3/c1-18-15-3-2-4-16(11-15)20-10-9-19-14-7-5-13(12-17)6-8-14/h5-8,15-16H,2-4,9-11H2,1H3. The molecule has 0 radical (unpaired) electrons. The number of ether oxygens (including phenoxy) is 3. The maximum Gasteiger partial charge on any atom is 0.119 e. The summed E-state index contributed by atoms with van der Waals surface area (Å²) in [7, 11) is 1.76. The molecular weight excluding hydrogens is 254 g/mol. The lowest BCUT2D eigenvalue weighted by Crippen LogP contribution is -2.28. The molecule has 1 saturated carbocycles. The molecule has 4 heteroatoms. The molecule has 0 bridgehead atoms. The van der Waals surface area contributed by atoms with Crippen LogP contribution in [0.4, 0.5) is 0 Å². The van der Waals surface area contributed by atoms with E-state index in [4.69, 9.17) is 19.5 Å². The molecule has 4 nitrogen and oxygen atoms in total. The van der Waals surface area contributed by atoms with Crippen molar-refractivity contribution in [1.29, 1.82) is 5.26 Å². The molecule has 0 spiro atoms. The van der Waals surface area contributed by atoms with Crippen LogP contribution in [0.1, 0.15) is 31.2 Å². The van der Waals surface area contributed by atoms with Crippen LogP contribution in [0.5, 0.6) is 5.75 Å². The first-order valence-electron chi connectivity index (χ1n) is 7.09. The molecule has 1 aromatic carbocycles. The maximum absolute atomic E-state index is 8.71. The Morgan fingerprint density at radius 2 is 1.90 bits per heavy atom. The van der Waals surface area contributed by atoms with Crippen LogP contribution in [0, 0.1) is 11.3 Å². The van der Waals surface area contributed by atoms with Gasteiger partial charge in [0, 0.05) is 7.11 Å². The van der Waals surface area contributed by atoms with Gasteiger partial charge in [0.1, 0.15) is 12.4 Å². The quantitative estimate of drug-likeness (QED) is 0.749. The van der Waals surface area contributed by atoms with Crippen LogP contribution >= 0.6 is 0 Å². The minimum Gasteiger partial charge on any atom is -0.491 e. The number of benzene rings is 1. The summed E-state index contributed by atoms with van der Waals surface area (Å²) in [5.41, 5.74) is 0.640. The Bertz CT molecular complexity index is 438. The number of methoxy groups -OCH3 is 1. The summed E-state index contributed by atoms with van der Waals surface area (Å²) >= 11 is 0. The average molecular weight is 275 g/mol. The summed E-state index contributed by atoms with van der Waals surface area (Å²) in [6.45, 7) is 1.11. The van der Waals surface area contributed by atoms with Gasteiger partial charge in [0.15, 0.2) is 0 Å². The summed E-state index contributed by atoms with van der Waals surface area (Å²) < 4.78 is 16.8. The van der Waals surface area contributed by atoms with Crippen molar-refractivity contribution in [3.63, 3.8) is 0 Å². The van der Waals surface area contributed by atoms with Crippen LogP contribution < -0.4 is 4.74 Å². The normalized spacial score (nSPS) is 22.2. The van der Waals surface area contributed by atoms with Crippen molar-refractivity contribution in [2.75, 3.05) is 20.3 Å². The van der Waals surface area contributed by atoms with Crippen molar-refractivity contribution < 1.29 is 14.2 Å². The van der Waals surface area contributed by atoms with E-state index in [0.29, 0.717) is 31.0 Å². The largest absolute Gasteiger partial charge is 0.491 e. The molecule has 2 unspecified atom stereocenters. The molecule has 1 aliphatic carbocycles. The minimum atomic E-state index is 0.290. The molecule has 2 rings (SSSR count). The Hall–Kier alpha value is -1.57. The molecule has 108 valence electrons. The van der Waals surface area contributed by atoms with Crippen molar-refractivity contribution in [2.45, 2.75) is 37.9 Å². The van der Waals surface area contributed by atoms with Crippen LogP contribution in [-0.4, -0.2) is 32.5 Å². The Balaban J connectivity index is 1.64. The first kappa shape index (κ1) is 14.8. The van der Waals surface area contributed by atoms with E-state index in [1.165, 1.54) is 6.42 Å². The van der Waals surface area contributed by atoms with Gasteiger partial charge < -0.3 is 14.2 Å². The van der Waals surface area contributed by atoms with Crippen LogP contribution in [0.15, 0.2) is 24.3 Å². The van der Waals surface area contributed by atoms with Crippen molar-refractivity contribution in [3.8, 4) is 11.8 Å². The van der Waals surface area contributed by atoms with Crippen LogP contribution in [0.3, 0.4) is 0 Å². The van der Waals surface area contributed by atoms with Crippen LogP contribution in [-0.2, 0) is 9.47 Å². The molecule has 0 aromatic heterocycles. The molecule has 0 N–H and O–H groups in total. The molecular formula is C16H21NO3. The van der Waals surface area contributed by atoms with E-state index >= 15 is 0 Å². The van der Waals surface area contributed by atoms with Gasteiger partial charge >= 0.3 is 0 Å². The SMILES string of the molecule is COC1CCCC(OCCOc2ccc(C#N)cc2)C1. The van der Waals surface area contributed by atoms with Gasteiger partial charge in [0.05, 0.1) is 30.4 Å². The summed E-state index contributed by atoms with van der Waals surface area (Å²) in [5, 5.41) is 8.71. The molecule has 20 heavy (non-hydrogen) atoms. The van der Waals surface area contributed by atoms with Gasteiger partial charge in [-0.15, -0.1) is 0 Å². The van der Waals surface area contributed by atoms with E-state index in [1.54, 1.807) is 31.4 Å². The van der Waals surface area contributed by atoms with E-state index in [0.717, 1.165) is 25.0 Å². The lowest BCUT2D eigenvalue weighted by Gasteiger charge is -2.28. The van der Waals surface area contributed by atoms with E-state index in [2.05, 4.69) is 6.07 Å². The van der Waals surface area contributed by atoms with E-state index in [1.807, 2.05) is 0 Å². The average Bonchev–Trinajstić information content (AvgIpc) is 2.52. The second-order valence-corrected chi connectivity index (χ2v) is 5.00. The fraction of sp³-hybridized carbons (Fsp3) is 0.562. The molecule has 2 atom stereocenters. The van der Waals surface area contributed by atoms with Crippen molar-refractivity contribution in [1.82, 2.24) is 0 Å². The van der Waals surface area contributed by atoms with Gasteiger partial charge in [-0.3, -0.25) is 0 Å². The Kier molecular flexibility index (Phi) is 5.85. The molecule has 1 fully saturated rings. The van der Waals surface area contributed by atoms with E-state index < -0.39 is 0 Å². The van der Waals surface area contributed by atoms with Gasteiger partial charge in [-0.25, -0.2) is 0 Å². The summed E-state index contributed by atoms with van der Waals surface area (Å²) in [6, 6.07) is 9.19. The lowest BCUT2D eigenvalue weighted by molar-refractivity contribution is -0.0362. The highest BCUT2D eigenvalue weighted by Crippen LogP contribution is 2.23. The second-order valence-electron chi connectivity index (χ2n) is 5.00. The fourth-order valence-electron chi connectivity index (χ4n) is 2.47. The van der Waals surface area contributed by atoms with Gasteiger partial charge in [0.2, 0.25) is 0 Å². The number of hydrogen-bond donors (Lipinski definition) is 0. The summed E-state index contributed by atoms with van der Waals surface area (Å²) in [4.78, 5) is 0.